The van der Waals surface area contributed by atoms with Crippen molar-refractivity contribution in [2.45, 2.75) is 0 Å². The van der Waals surface area contributed by atoms with Crippen LogP contribution < -0.4 is 4.90 Å². The molecule has 0 saturated heterocycles. The van der Waals surface area contributed by atoms with E-state index < -0.39 is 0 Å². The Kier molecular flexibility index (Phi) is 8.04. The largest absolute Gasteiger partial charge is 0.456 e. The second-order valence-electron chi connectivity index (χ2n) is 14.5. The van der Waals surface area contributed by atoms with E-state index in [-0.39, 0.29) is 0 Å². The van der Waals surface area contributed by atoms with Gasteiger partial charge in [-0.05, 0) is 87.0 Å². The summed E-state index contributed by atoms with van der Waals surface area (Å²) in [5.41, 5.74) is 14.8. The number of hydrogen-bond donors (Lipinski definition) is 0. The molecule has 57 heavy (non-hydrogen) atoms. The van der Waals surface area contributed by atoms with Gasteiger partial charge in [0.25, 0.3) is 0 Å². The SMILES string of the molecule is c1ccc(-c2ccc(-c3ccc(N(c4ccc(-c5cccc6oc7ccccc7c56)cc4)c4cccc5c4sc4c(-c6ccccc6)cccc45)cc3)cc2)cc1. The monoisotopic (exact) mass is 745 g/mol. The molecule has 0 fully saturated rings. The number of anilines is 3. The third-order valence-corrected chi connectivity index (χ3v) is 12.4. The summed E-state index contributed by atoms with van der Waals surface area (Å²) in [7, 11) is 0. The van der Waals surface area contributed by atoms with Gasteiger partial charge < -0.3 is 9.32 Å². The highest BCUT2D eigenvalue weighted by Crippen LogP contribution is 2.47. The summed E-state index contributed by atoms with van der Waals surface area (Å²) in [4.78, 5) is 2.42. The molecule has 9 aromatic carbocycles. The lowest BCUT2D eigenvalue weighted by Crippen LogP contribution is -2.10. The average molecular weight is 746 g/mol. The first-order valence-electron chi connectivity index (χ1n) is 19.3. The van der Waals surface area contributed by atoms with E-state index in [2.05, 4.69) is 205 Å². The summed E-state index contributed by atoms with van der Waals surface area (Å²) in [5.74, 6) is 0. The van der Waals surface area contributed by atoms with Crippen molar-refractivity contribution in [1.29, 1.82) is 0 Å². The van der Waals surface area contributed by atoms with E-state index in [4.69, 9.17) is 4.42 Å². The van der Waals surface area contributed by atoms with E-state index in [1.165, 1.54) is 59.1 Å². The van der Waals surface area contributed by atoms with Crippen LogP contribution >= 0.6 is 11.3 Å². The molecule has 0 radical (unpaired) electrons. The number of benzene rings is 9. The average Bonchev–Trinajstić information content (AvgIpc) is 3.87. The highest BCUT2D eigenvalue weighted by molar-refractivity contribution is 7.27. The first-order valence-corrected chi connectivity index (χ1v) is 20.1. The predicted octanol–water partition coefficient (Wildman–Crippen LogP) is 16.1. The molecule has 0 amide bonds. The Bertz CT molecular complexity index is 3200. The number of nitrogens with zero attached hydrogens (tertiary/aromatic N) is 1. The van der Waals surface area contributed by atoms with Crippen molar-refractivity contribution in [3.63, 3.8) is 0 Å². The predicted molar refractivity (Wildman–Crippen MR) is 243 cm³/mol. The van der Waals surface area contributed by atoms with Gasteiger partial charge in [-0.2, -0.15) is 0 Å². The van der Waals surface area contributed by atoms with Gasteiger partial charge in [-0.25, -0.2) is 0 Å². The summed E-state index contributed by atoms with van der Waals surface area (Å²) in [6.07, 6.45) is 0. The highest BCUT2D eigenvalue weighted by atomic mass is 32.1. The Morgan fingerprint density at radius 2 is 0.772 bits per heavy atom. The molecule has 0 unspecified atom stereocenters. The van der Waals surface area contributed by atoms with Crippen molar-refractivity contribution in [1.82, 2.24) is 0 Å². The molecule has 268 valence electrons. The van der Waals surface area contributed by atoms with Crippen LogP contribution in [-0.4, -0.2) is 0 Å². The summed E-state index contributed by atoms with van der Waals surface area (Å²) >= 11 is 1.88. The van der Waals surface area contributed by atoms with Gasteiger partial charge in [0.15, 0.2) is 0 Å². The molecule has 11 rings (SSSR count). The Morgan fingerprint density at radius 1 is 0.316 bits per heavy atom. The molecule has 0 bridgehead atoms. The van der Waals surface area contributed by atoms with Gasteiger partial charge in [-0.1, -0.05) is 170 Å². The van der Waals surface area contributed by atoms with Gasteiger partial charge in [-0.15, -0.1) is 11.3 Å². The second kappa shape index (κ2) is 13.8. The van der Waals surface area contributed by atoms with Gasteiger partial charge in [0.1, 0.15) is 11.2 Å². The third kappa shape index (κ3) is 5.80. The summed E-state index contributed by atoms with van der Waals surface area (Å²) in [6, 6.07) is 76.3. The minimum atomic E-state index is 0.903. The molecule has 2 heterocycles. The van der Waals surface area contributed by atoms with Crippen LogP contribution in [0.3, 0.4) is 0 Å². The Hall–Kier alpha value is -7.20. The molecule has 0 atom stereocenters. The van der Waals surface area contributed by atoms with Crippen molar-refractivity contribution >= 4 is 70.5 Å². The standard InChI is InChI=1S/C54H35NOS/c1-3-12-36(13-4-1)37-24-26-38(27-25-37)39-28-32-42(33-29-39)55(43-34-30-41(31-35-43)44-17-11-23-51-52(44)48-16-7-8-22-50(48)56-51)49-21-10-20-47-46-19-9-18-45(53(46)57-54(47)49)40-14-5-2-6-15-40/h1-35H. The van der Waals surface area contributed by atoms with E-state index in [1.807, 2.05) is 23.5 Å². The summed E-state index contributed by atoms with van der Waals surface area (Å²) in [6.45, 7) is 0. The maximum Gasteiger partial charge on any atom is 0.136 e. The van der Waals surface area contributed by atoms with Crippen LogP contribution in [0.1, 0.15) is 0 Å². The molecule has 2 aromatic heterocycles. The maximum absolute atomic E-state index is 6.26. The minimum absolute atomic E-state index is 0.903. The number of hydrogen-bond acceptors (Lipinski definition) is 3. The number of fused-ring (bicyclic) bond motifs is 6. The van der Waals surface area contributed by atoms with Crippen LogP contribution in [0.25, 0.3) is 86.6 Å². The lowest BCUT2D eigenvalue weighted by molar-refractivity contribution is 0.669. The number of thiophene rings is 1. The normalized spacial score (nSPS) is 11.5. The van der Waals surface area contributed by atoms with Crippen molar-refractivity contribution in [2.75, 3.05) is 4.90 Å². The van der Waals surface area contributed by atoms with Gasteiger partial charge in [0.05, 0.1) is 10.4 Å². The molecule has 0 spiro atoms. The number of rotatable bonds is 7. The second-order valence-corrected chi connectivity index (χ2v) is 15.5. The van der Waals surface area contributed by atoms with E-state index >= 15 is 0 Å². The molecule has 0 N–H and O–H groups in total. The Morgan fingerprint density at radius 3 is 1.46 bits per heavy atom. The molecule has 0 aliphatic rings. The van der Waals surface area contributed by atoms with Crippen molar-refractivity contribution in [2.24, 2.45) is 0 Å². The highest BCUT2D eigenvalue weighted by Gasteiger charge is 2.20. The molecule has 2 nitrogen and oxygen atoms in total. The van der Waals surface area contributed by atoms with Crippen LogP contribution in [0, 0.1) is 0 Å². The Labute approximate surface area is 335 Å². The quantitative estimate of drug-likeness (QED) is 0.162. The smallest absolute Gasteiger partial charge is 0.136 e. The van der Waals surface area contributed by atoms with E-state index in [0.29, 0.717) is 0 Å². The molecule has 0 aliphatic heterocycles. The van der Waals surface area contributed by atoms with E-state index in [1.54, 1.807) is 0 Å². The topological polar surface area (TPSA) is 16.4 Å². The fourth-order valence-electron chi connectivity index (χ4n) is 8.35. The van der Waals surface area contributed by atoms with Crippen LogP contribution in [-0.2, 0) is 0 Å². The Balaban J connectivity index is 1.04. The summed E-state index contributed by atoms with van der Waals surface area (Å²) in [5, 5.41) is 4.83. The van der Waals surface area contributed by atoms with Crippen LogP contribution in [0.2, 0.25) is 0 Å². The molecule has 0 saturated carbocycles. The number of furan rings is 1. The fourth-order valence-corrected chi connectivity index (χ4v) is 9.69. The lowest BCUT2D eigenvalue weighted by Gasteiger charge is -2.26. The van der Waals surface area contributed by atoms with E-state index in [0.717, 1.165) is 44.6 Å². The molecule has 11 aromatic rings. The third-order valence-electron chi connectivity index (χ3n) is 11.1. The summed E-state index contributed by atoms with van der Waals surface area (Å²) < 4.78 is 8.82. The zero-order valence-corrected chi connectivity index (χ0v) is 31.8. The first-order chi connectivity index (χ1) is 28.3. The van der Waals surface area contributed by atoms with Crippen LogP contribution in [0.15, 0.2) is 217 Å². The first kappa shape index (κ1) is 33.2. The van der Waals surface area contributed by atoms with Crippen molar-refractivity contribution in [3.05, 3.63) is 212 Å². The van der Waals surface area contributed by atoms with Crippen LogP contribution in [0.5, 0.6) is 0 Å². The van der Waals surface area contributed by atoms with E-state index in [9.17, 15) is 0 Å². The molecular formula is C54H35NOS. The van der Waals surface area contributed by atoms with Gasteiger partial charge in [0, 0.05) is 37.6 Å². The van der Waals surface area contributed by atoms with Gasteiger partial charge >= 0.3 is 0 Å². The zero-order valence-electron chi connectivity index (χ0n) is 31.0. The van der Waals surface area contributed by atoms with Crippen molar-refractivity contribution in [3.8, 4) is 44.5 Å². The van der Waals surface area contributed by atoms with Crippen LogP contribution in [0.4, 0.5) is 17.1 Å². The van der Waals surface area contributed by atoms with Gasteiger partial charge in [-0.3, -0.25) is 0 Å². The zero-order chi connectivity index (χ0) is 37.7. The maximum atomic E-state index is 6.26. The van der Waals surface area contributed by atoms with Crippen molar-refractivity contribution < 1.29 is 4.42 Å². The molecule has 0 aliphatic carbocycles. The minimum Gasteiger partial charge on any atom is -0.456 e. The fraction of sp³-hybridized carbons (Fsp3) is 0. The lowest BCUT2D eigenvalue weighted by atomic mass is 9.98. The molecular weight excluding hydrogens is 711 g/mol. The number of para-hydroxylation sites is 1. The van der Waals surface area contributed by atoms with Gasteiger partial charge in [0.2, 0.25) is 0 Å². The molecule has 3 heteroatoms.